The van der Waals surface area contributed by atoms with Crippen LogP contribution in [0.15, 0.2) is 30.5 Å². The van der Waals surface area contributed by atoms with E-state index < -0.39 is 0 Å². The Morgan fingerprint density at radius 1 is 1.22 bits per heavy atom. The van der Waals surface area contributed by atoms with Gasteiger partial charge in [-0.2, -0.15) is 0 Å². The summed E-state index contributed by atoms with van der Waals surface area (Å²) >= 11 is 0. The van der Waals surface area contributed by atoms with Gasteiger partial charge >= 0.3 is 0 Å². The van der Waals surface area contributed by atoms with E-state index >= 15 is 0 Å². The summed E-state index contributed by atoms with van der Waals surface area (Å²) in [6, 6.07) is 8.21. The number of aryl methyl sites for hydroxylation is 2. The minimum Gasteiger partial charge on any atom is -0.491 e. The molecule has 18 heavy (non-hydrogen) atoms. The summed E-state index contributed by atoms with van der Waals surface area (Å²) in [5.74, 6) is 1.39. The van der Waals surface area contributed by atoms with E-state index in [1.54, 1.807) is 6.20 Å². The van der Waals surface area contributed by atoms with Gasteiger partial charge in [0.15, 0.2) is 5.95 Å². The zero-order chi connectivity index (χ0) is 13.0. The first-order valence-electron chi connectivity index (χ1n) is 6.18. The highest BCUT2D eigenvalue weighted by molar-refractivity contribution is 5.28. The van der Waals surface area contributed by atoms with Crippen LogP contribution in [-0.4, -0.2) is 16.1 Å². The van der Waals surface area contributed by atoms with Crippen LogP contribution in [0, 0.1) is 0 Å². The van der Waals surface area contributed by atoms with Crippen LogP contribution in [0.25, 0.3) is 0 Å². The molecule has 2 rings (SSSR count). The van der Waals surface area contributed by atoms with E-state index in [1.807, 2.05) is 26.0 Å². The first kappa shape index (κ1) is 12.5. The number of hydrogen-bond donors (Lipinski definition) is 2. The van der Waals surface area contributed by atoms with Gasteiger partial charge in [-0.05, 0) is 44.4 Å². The lowest BCUT2D eigenvalue weighted by Crippen LogP contribution is -2.05. The average molecular weight is 245 g/mol. The third kappa shape index (κ3) is 3.52. The van der Waals surface area contributed by atoms with Crippen LogP contribution in [0.4, 0.5) is 5.95 Å². The molecule has 0 atom stereocenters. The topological polar surface area (TPSA) is 63.9 Å². The molecule has 1 aromatic carbocycles. The number of anilines is 1. The molecule has 3 N–H and O–H groups in total. The van der Waals surface area contributed by atoms with Crippen molar-refractivity contribution in [1.82, 2.24) is 9.97 Å². The Balaban J connectivity index is 1.90. The predicted molar refractivity (Wildman–Crippen MR) is 72.6 cm³/mol. The minimum absolute atomic E-state index is 0.212. The monoisotopic (exact) mass is 245 g/mol. The van der Waals surface area contributed by atoms with Gasteiger partial charge in [-0.3, -0.25) is 0 Å². The fourth-order valence-electron chi connectivity index (χ4n) is 1.79. The summed E-state index contributed by atoms with van der Waals surface area (Å²) in [7, 11) is 0. The van der Waals surface area contributed by atoms with Crippen LogP contribution >= 0.6 is 0 Å². The lowest BCUT2D eigenvalue weighted by Gasteiger charge is -2.09. The van der Waals surface area contributed by atoms with Gasteiger partial charge in [0.1, 0.15) is 5.75 Å². The molecule has 0 saturated carbocycles. The molecule has 0 radical (unpaired) electrons. The molecule has 1 aromatic heterocycles. The number of imidazole rings is 1. The number of nitrogen functional groups attached to an aromatic ring is 1. The summed E-state index contributed by atoms with van der Waals surface area (Å²) < 4.78 is 5.60. The summed E-state index contributed by atoms with van der Waals surface area (Å²) in [5, 5.41) is 0. The molecule has 0 aliphatic rings. The second-order valence-corrected chi connectivity index (χ2v) is 4.60. The molecule has 4 nitrogen and oxygen atoms in total. The van der Waals surface area contributed by atoms with Crippen molar-refractivity contribution in [2.75, 3.05) is 5.73 Å². The molecule has 0 aliphatic carbocycles. The quantitative estimate of drug-likeness (QED) is 0.851. The maximum Gasteiger partial charge on any atom is 0.197 e. The van der Waals surface area contributed by atoms with E-state index in [0.717, 1.165) is 24.3 Å². The Kier molecular flexibility index (Phi) is 3.87. The van der Waals surface area contributed by atoms with Crippen molar-refractivity contribution >= 4 is 5.95 Å². The van der Waals surface area contributed by atoms with Crippen molar-refractivity contribution in [3.63, 3.8) is 0 Å². The number of H-pyrrole nitrogens is 1. The molecule has 1 heterocycles. The Bertz CT molecular complexity index is 488. The largest absolute Gasteiger partial charge is 0.491 e. The van der Waals surface area contributed by atoms with Crippen molar-refractivity contribution < 1.29 is 4.74 Å². The minimum atomic E-state index is 0.212. The molecule has 0 fully saturated rings. The van der Waals surface area contributed by atoms with Gasteiger partial charge in [0.2, 0.25) is 0 Å². The highest BCUT2D eigenvalue weighted by Crippen LogP contribution is 2.15. The molecular weight excluding hydrogens is 226 g/mol. The third-order valence-electron chi connectivity index (χ3n) is 2.63. The predicted octanol–water partition coefficient (Wildman–Crippen LogP) is 2.56. The molecule has 0 unspecified atom stereocenters. The van der Waals surface area contributed by atoms with E-state index in [2.05, 4.69) is 22.1 Å². The number of nitrogens with one attached hydrogen (secondary N) is 1. The number of benzene rings is 1. The Morgan fingerprint density at radius 2 is 1.94 bits per heavy atom. The number of nitrogens with zero attached hydrogens (tertiary/aromatic N) is 1. The molecule has 4 heteroatoms. The highest BCUT2D eigenvalue weighted by Gasteiger charge is 2.01. The van der Waals surface area contributed by atoms with Gasteiger partial charge in [-0.25, -0.2) is 4.98 Å². The zero-order valence-electron chi connectivity index (χ0n) is 10.8. The first-order valence-corrected chi connectivity index (χ1v) is 6.18. The van der Waals surface area contributed by atoms with Crippen LogP contribution in [0.2, 0.25) is 0 Å². The summed E-state index contributed by atoms with van der Waals surface area (Å²) in [6.07, 6.45) is 3.87. The second kappa shape index (κ2) is 5.58. The van der Waals surface area contributed by atoms with Crippen molar-refractivity contribution in [2.45, 2.75) is 32.8 Å². The average Bonchev–Trinajstić information content (AvgIpc) is 2.74. The molecule has 96 valence electrons. The molecule has 0 spiro atoms. The van der Waals surface area contributed by atoms with E-state index in [0.29, 0.717) is 5.95 Å². The smallest absolute Gasteiger partial charge is 0.197 e. The maximum absolute atomic E-state index is 5.60. The molecular formula is C14H19N3O. The van der Waals surface area contributed by atoms with E-state index in [1.165, 1.54) is 5.56 Å². The van der Waals surface area contributed by atoms with Crippen molar-refractivity contribution in [3.8, 4) is 5.75 Å². The second-order valence-electron chi connectivity index (χ2n) is 4.60. The number of nitrogens with two attached hydrogens (primary N) is 1. The van der Waals surface area contributed by atoms with Crippen LogP contribution < -0.4 is 10.5 Å². The number of aromatic nitrogens is 2. The molecule has 0 bridgehead atoms. The standard InChI is InChI=1S/C14H19N3O/c1-10(2)18-13-7-4-11(5-8-13)3-6-12-9-16-14(15)17-12/h4-5,7-10H,3,6H2,1-2H3,(H3,15,16,17). The van der Waals surface area contributed by atoms with E-state index in [4.69, 9.17) is 10.5 Å². The van der Waals surface area contributed by atoms with Gasteiger partial charge in [-0.1, -0.05) is 12.1 Å². The maximum atomic E-state index is 5.60. The SMILES string of the molecule is CC(C)Oc1ccc(CCc2cnc(N)[nH]2)cc1. The molecule has 0 aliphatic heterocycles. The van der Waals surface area contributed by atoms with Gasteiger partial charge in [0.05, 0.1) is 12.3 Å². The molecule has 0 saturated heterocycles. The van der Waals surface area contributed by atoms with Gasteiger partial charge in [-0.15, -0.1) is 0 Å². The Labute approximate surface area is 107 Å². The van der Waals surface area contributed by atoms with Crippen molar-refractivity contribution in [2.24, 2.45) is 0 Å². The fraction of sp³-hybridized carbons (Fsp3) is 0.357. The number of ether oxygens (including phenoxy) is 1. The van der Waals surface area contributed by atoms with Crippen molar-refractivity contribution in [3.05, 3.63) is 41.7 Å². The highest BCUT2D eigenvalue weighted by atomic mass is 16.5. The van der Waals surface area contributed by atoms with Gasteiger partial charge in [0.25, 0.3) is 0 Å². The fourth-order valence-corrected chi connectivity index (χ4v) is 1.79. The van der Waals surface area contributed by atoms with Crippen LogP contribution in [0.3, 0.4) is 0 Å². The van der Waals surface area contributed by atoms with Gasteiger partial charge < -0.3 is 15.5 Å². The normalized spacial score (nSPS) is 10.8. The van der Waals surface area contributed by atoms with Crippen molar-refractivity contribution in [1.29, 1.82) is 0 Å². The van der Waals surface area contributed by atoms with Crippen LogP contribution in [-0.2, 0) is 12.8 Å². The van der Waals surface area contributed by atoms with E-state index in [-0.39, 0.29) is 6.10 Å². The third-order valence-corrected chi connectivity index (χ3v) is 2.63. The summed E-state index contributed by atoms with van der Waals surface area (Å²) in [4.78, 5) is 7.00. The van der Waals surface area contributed by atoms with Gasteiger partial charge in [0, 0.05) is 5.69 Å². The molecule has 2 aromatic rings. The van der Waals surface area contributed by atoms with Crippen LogP contribution in [0.5, 0.6) is 5.75 Å². The van der Waals surface area contributed by atoms with E-state index in [9.17, 15) is 0 Å². The number of hydrogen-bond acceptors (Lipinski definition) is 3. The Morgan fingerprint density at radius 3 is 2.50 bits per heavy atom. The first-order chi connectivity index (χ1) is 8.63. The zero-order valence-corrected chi connectivity index (χ0v) is 10.8. The number of rotatable bonds is 5. The number of aromatic amines is 1. The summed E-state index contributed by atoms with van der Waals surface area (Å²) in [6.45, 7) is 4.05. The Hall–Kier alpha value is -1.97. The lowest BCUT2D eigenvalue weighted by atomic mass is 10.1. The lowest BCUT2D eigenvalue weighted by molar-refractivity contribution is 0.242. The van der Waals surface area contributed by atoms with Crippen LogP contribution in [0.1, 0.15) is 25.1 Å². The summed E-state index contributed by atoms with van der Waals surface area (Å²) in [5.41, 5.74) is 7.87. The molecule has 0 amide bonds.